The SMILES string of the molecule is COC(CN)CC(=O)N(Cc1ccc(F)cc1F)C1CC1. The molecule has 0 aliphatic heterocycles. The van der Waals surface area contributed by atoms with Crippen molar-refractivity contribution in [3.8, 4) is 0 Å². The van der Waals surface area contributed by atoms with E-state index in [2.05, 4.69) is 0 Å². The number of carbonyl (C=O) groups excluding carboxylic acids is 1. The van der Waals surface area contributed by atoms with Crippen molar-refractivity contribution in [2.45, 2.75) is 38.0 Å². The van der Waals surface area contributed by atoms with E-state index >= 15 is 0 Å². The first-order valence-electron chi connectivity index (χ1n) is 7.01. The predicted molar refractivity (Wildman–Crippen MR) is 74.4 cm³/mol. The maximum Gasteiger partial charge on any atom is 0.225 e. The molecule has 1 fully saturated rings. The fraction of sp³-hybridized carbons (Fsp3) is 0.533. The van der Waals surface area contributed by atoms with Crippen molar-refractivity contribution in [2.24, 2.45) is 5.73 Å². The van der Waals surface area contributed by atoms with Gasteiger partial charge in [-0.1, -0.05) is 6.07 Å². The van der Waals surface area contributed by atoms with Crippen LogP contribution < -0.4 is 5.73 Å². The molecule has 116 valence electrons. The highest BCUT2D eigenvalue weighted by Crippen LogP contribution is 2.29. The number of methoxy groups -OCH3 is 1. The van der Waals surface area contributed by atoms with Crippen molar-refractivity contribution in [1.29, 1.82) is 0 Å². The number of halogens is 2. The van der Waals surface area contributed by atoms with Crippen molar-refractivity contribution >= 4 is 5.91 Å². The van der Waals surface area contributed by atoms with Gasteiger partial charge in [-0.25, -0.2) is 8.78 Å². The van der Waals surface area contributed by atoms with Gasteiger partial charge < -0.3 is 15.4 Å². The van der Waals surface area contributed by atoms with Gasteiger partial charge >= 0.3 is 0 Å². The van der Waals surface area contributed by atoms with Crippen LogP contribution in [0.2, 0.25) is 0 Å². The average molecular weight is 298 g/mol. The molecule has 0 bridgehead atoms. The van der Waals surface area contributed by atoms with E-state index in [1.54, 1.807) is 4.90 Å². The topological polar surface area (TPSA) is 55.6 Å². The number of carbonyl (C=O) groups is 1. The Labute approximate surface area is 122 Å². The van der Waals surface area contributed by atoms with Gasteiger partial charge in [-0.3, -0.25) is 4.79 Å². The lowest BCUT2D eigenvalue weighted by atomic mass is 10.1. The highest BCUT2D eigenvalue weighted by atomic mass is 19.1. The van der Waals surface area contributed by atoms with Gasteiger partial charge in [-0.15, -0.1) is 0 Å². The third-order valence-corrected chi connectivity index (χ3v) is 3.66. The minimum atomic E-state index is -0.629. The molecule has 1 saturated carbocycles. The fourth-order valence-corrected chi connectivity index (χ4v) is 2.22. The van der Waals surface area contributed by atoms with E-state index in [9.17, 15) is 13.6 Å². The number of rotatable bonds is 7. The standard InChI is InChI=1S/C15H20F2N2O2/c1-21-13(8-18)7-15(20)19(12-4-5-12)9-10-2-3-11(16)6-14(10)17/h2-3,6,12-13H,4-5,7-9,18H2,1H3. The number of nitrogens with two attached hydrogens (primary N) is 1. The second-order valence-corrected chi connectivity index (χ2v) is 5.29. The number of hydrogen-bond donors (Lipinski definition) is 1. The molecule has 2 rings (SSSR count). The van der Waals surface area contributed by atoms with E-state index < -0.39 is 11.6 Å². The van der Waals surface area contributed by atoms with Gasteiger partial charge in [0.15, 0.2) is 0 Å². The largest absolute Gasteiger partial charge is 0.380 e. The third kappa shape index (κ3) is 4.22. The van der Waals surface area contributed by atoms with Gasteiger partial charge in [0.25, 0.3) is 0 Å². The first kappa shape index (κ1) is 15.9. The van der Waals surface area contributed by atoms with Crippen LogP contribution in [0.15, 0.2) is 18.2 Å². The van der Waals surface area contributed by atoms with Gasteiger partial charge in [0.2, 0.25) is 5.91 Å². The average Bonchev–Trinajstić information content (AvgIpc) is 3.28. The highest BCUT2D eigenvalue weighted by Gasteiger charge is 2.33. The van der Waals surface area contributed by atoms with Crippen molar-refractivity contribution in [2.75, 3.05) is 13.7 Å². The van der Waals surface area contributed by atoms with Crippen molar-refractivity contribution < 1.29 is 18.3 Å². The van der Waals surface area contributed by atoms with Crippen LogP contribution in [0.3, 0.4) is 0 Å². The molecule has 1 aromatic carbocycles. The minimum absolute atomic E-state index is 0.112. The van der Waals surface area contributed by atoms with Crippen LogP contribution in [0.25, 0.3) is 0 Å². The first-order chi connectivity index (χ1) is 10.0. The number of amides is 1. The van der Waals surface area contributed by atoms with Crippen LogP contribution in [0, 0.1) is 11.6 Å². The lowest BCUT2D eigenvalue weighted by Gasteiger charge is -2.24. The Kier molecular flexibility index (Phi) is 5.25. The molecule has 2 N–H and O–H groups in total. The van der Waals surface area contributed by atoms with E-state index in [-0.39, 0.29) is 37.6 Å². The molecule has 1 aliphatic rings. The molecule has 1 aromatic rings. The number of nitrogens with zero attached hydrogens (tertiary/aromatic N) is 1. The molecular weight excluding hydrogens is 278 g/mol. The zero-order valence-corrected chi connectivity index (χ0v) is 12.0. The molecule has 0 heterocycles. The highest BCUT2D eigenvalue weighted by molar-refractivity contribution is 5.77. The smallest absolute Gasteiger partial charge is 0.225 e. The molecule has 6 heteroatoms. The summed E-state index contributed by atoms with van der Waals surface area (Å²) in [6.45, 7) is 0.405. The second-order valence-electron chi connectivity index (χ2n) is 5.29. The molecule has 0 radical (unpaired) electrons. The predicted octanol–water partition coefficient (Wildman–Crippen LogP) is 1.82. The molecule has 1 unspecified atom stereocenters. The van der Waals surface area contributed by atoms with E-state index in [4.69, 9.17) is 10.5 Å². The second kappa shape index (κ2) is 6.95. The zero-order chi connectivity index (χ0) is 15.4. The summed E-state index contributed by atoms with van der Waals surface area (Å²) >= 11 is 0. The molecule has 1 aliphatic carbocycles. The van der Waals surface area contributed by atoms with Crippen LogP contribution in [-0.4, -0.2) is 36.6 Å². The van der Waals surface area contributed by atoms with Crippen LogP contribution in [0.4, 0.5) is 8.78 Å². The molecule has 0 saturated heterocycles. The summed E-state index contributed by atoms with van der Waals surface area (Å²) in [6.07, 6.45) is 1.66. The van der Waals surface area contributed by atoms with Gasteiger partial charge in [0, 0.05) is 37.9 Å². The summed E-state index contributed by atoms with van der Waals surface area (Å²) in [4.78, 5) is 14.0. The first-order valence-corrected chi connectivity index (χ1v) is 7.01. The molecule has 1 amide bonds. The number of hydrogen-bond acceptors (Lipinski definition) is 3. The molecule has 4 nitrogen and oxygen atoms in total. The Morgan fingerprint density at radius 2 is 2.19 bits per heavy atom. The zero-order valence-electron chi connectivity index (χ0n) is 12.0. The Morgan fingerprint density at radius 3 is 2.71 bits per heavy atom. The summed E-state index contributed by atoms with van der Waals surface area (Å²) < 4.78 is 31.8. The van der Waals surface area contributed by atoms with E-state index in [0.29, 0.717) is 5.56 Å². The Bertz CT molecular complexity index is 502. The molecular formula is C15H20F2N2O2. The molecule has 0 spiro atoms. The van der Waals surface area contributed by atoms with E-state index in [1.807, 2.05) is 0 Å². The lowest BCUT2D eigenvalue weighted by molar-refractivity contribution is -0.134. The van der Waals surface area contributed by atoms with Gasteiger partial charge in [0.1, 0.15) is 11.6 Å². The summed E-state index contributed by atoms with van der Waals surface area (Å²) in [5.74, 6) is -1.36. The van der Waals surface area contributed by atoms with Crippen molar-refractivity contribution in [3.63, 3.8) is 0 Å². The summed E-state index contributed by atoms with van der Waals surface area (Å²) in [7, 11) is 1.51. The fourth-order valence-electron chi connectivity index (χ4n) is 2.22. The van der Waals surface area contributed by atoms with Crippen molar-refractivity contribution in [3.05, 3.63) is 35.4 Å². The van der Waals surface area contributed by atoms with E-state index in [1.165, 1.54) is 19.2 Å². The normalized spacial score (nSPS) is 15.8. The number of ether oxygens (including phenoxy) is 1. The maximum atomic E-state index is 13.7. The molecule has 1 atom stereocenters. The monoisotopic (exact) mass is 298 g/mol. The Balaban J connectivity index is 2.07. The summed E-state index contributed by atoms with van der Waals surface area (Å²) in [6, 6.07) is 3.55. The molecule has 21 heavy (non-hydrogen) atoms. The van der Waals surface area contributed by atoms with Crippen LogP contribution in [-0.2, 0) is 16.1 Å². The Morgan fingerprint density at radius 1 is 1.48 bits per heavy atom. The van der Waals surface area contributed by atoms with Crippen LogP contribution >= 0.6 is 0 Å². The van der Waals surface area contributed by atoms with Gasteiger partial charge in [0.05, 0.1) is 12.5 Å². The summed E-state index contributed by atoms with van der Waals surface area (Å²) in [5, 5.41) is 0. The maximum absolute atomic E-state index is 13.7. The minimum Gasteiger partial charge on any atom is -0.380 e. The lowest BCUT2D eigenvalue weighted by Crippen LogP contribution is -2.37. The quantitative estimate of drug-likeness (QED) is 0.835. The summed E-state index contributed by atoms with van der Waals surface area (Å²) in [5.41, 5.74) is 5.84. The third-order valence-electron chi connectivity index (χ3n) is 3.66. The van der Waals surface area contributed by atoms with Gasteiger partial charge in [-0.2, -0.15) is 0 Å². The van der Waals surface area contributed by atoms with Crippen molar-refractivity contribution in [1.82, 2.24) is 4.90 Å². The van der Waals surface area contributed by atoms with Crippen LogP contribution in [0.1, 0.15) is 24.8 Å². The van der Waals surface area contributed by atoms with Crippen LogP contribution in [0.5, 0.6) is 0 Å². The Hall–Kier alpha value is -1.53. The van der Waals surface area contributed by atoms with Gasteiger partial charge in [-0.05, 0) is 18.9 Å². The van der Waals surface area contributed by atoms with E-state index in [0.717, 1.165) is 18.9 Å². The number of benzene rings is 1. The molecule has 0 aromatic heterocycles.